The average molecular weight is 477 g/mol. The number of urea groups is 1. The first-order valence-corrected chi connectivity index (χ1v) is 11.3. The number of anilines is 1. The molecule has 0 bridgehead atoms. The summed E-state index contributed by atoms with van der Waals surface area (Å²) in [6.45, 7) is 1.90. The number of primary amides is 1. The fourth-order valence-corrected chi connectivity index (χ4v) is 4.49. The van der Waals surface area contributed by atoms with Crippen LogP contribution in [0.5, 0.6) is 0 Å². The van der Waals surface area contributed by atoms with Crippen molar-refractivity contribution in [1.29, 1.82) is 0 Å². The van der Waals surface area contributed by atoms with Gasteiger partial charge in [-0.05, 0) is 30.5 Å². The van der Waals surface area contributed by atoms with Crippen LogP contribution in [0, 0.1) is 6.92 Å². The number of hydrogen-bond donors (Lipinski definition) is 7. The van der Waals surface area contributed by atoms with Gasteiger partial charge in [-0.3, -0.25) is 9.59 Å². The Kier molecular flexibility index (Phi) is 7.69. The molecule has 5 atom stereocenters. The van der Waals surface area contributed by atoms with E-state index in [9.17, 15) is 29.7 Å². The van der Waals surface area contributed by atoms with Crippen LogP contribution in [0.25, 0.3) is 0 Å². The number of aliphatic hydroxyl groups excluding tert-OH is 2. The van der Waals surface area contributed by atoms with Crippen LogP contribution < -0.4 is 21.7 Å². The fraction of sp³-hybridized carbons (Fsp3) is 0.409. The topological polar surface area (TPSA) is 174 Å². The molecule has 0 spiro atoms. The van der Waals surface area contributed by atoms with Gasteiger partial charge in [-0.1, -0.05) is 23.8 Å². The number of aliphatic hydroxyl groups is 3. The zero-order valence-electron chi connectivity index (χ0n) is 18.0. The number of carbonyl (C=O) groups excluding carboxylic acids is 3. The van der Waals surface area contributed by atoms with Crippen molar-refractivity contribution in [3.63, 3.8) is 0 Å². The Morgan fingerprint density at radius 2 is 1.88 bits per heavy atom. The van der Waals surface area contributed by atoms with Crippen LogP contribution in [-0.4, -0.2) is 63.1 Å². The Balaban J connectivity index is 1.67. The molecule has 1 saturated carbocycles. The maximum Gasteiger partial charge on any atom is 0.319 e. The normalized spacial score (nSPS) is 25.6. The molecule has 1 heterocycles. The molecule has 4 amide bonds. The summed E-state index contributed by atoms with van der Waals surface area (Å²) >= 11 is 1.39. The second-order valence-electron chi connectivity index (χ2n) is 8.28. The van der Waals surface area contributed by atoms with E-state index in [0.717, 1.165) is 10.4 Å². The van der Waals surface area contributed by atoms with Gasteiger partial charge in [0.15, 0.2) is 0 Å². The lowest BCUT2D eigenvalue weighted by molar-refractivity contribution is -0.158. The van der Waals surface area contributed by atoms with Gasteiger partial charge in [0.05, 0.1) is 12.1 Å². The molecule has 10 nitrogen and oxygen atoms in total. The predicted molar refractivity (Wildman–Crippen MR) is 122 cm³/mol. The van der Waals surface area contributed by atoms with Crippen LogP contribution >= 0.6 is 11.3 Å². The van der Waals surface area contributed by atoms with Gasteiger partial charge in [-0.25, -0.2) is 4.79 Å². The van der Waals surface area contributed by atoms with Crippen molar-refractivity contribution in [2.45, 2.75) is 56.1 Å². The standard InChI is InChI=1S/C22H28N4O6S/c1-12-4-6-13(7-5-12)24-21(31)26-16-10-22(32,11-17(27)18(16)28)20(30)25-15(19(23)29)9-14-3-2-8-33-14/h2-8,15-18,27-28,32H,9-11H2,1H3,(H2,23,29)(H,25,30)(H2,24,26,31)/t15-,16+,17+,18+,22-/m0/s1. The van der Waals surface area contributed by atoms with Crippen molar-refractivity contribution in [1.82, 2.24) is 10.6 Å². The van der Waals surface area contributed by atoms with Gasteiger partial charge in [-0.15, -0.1) is 11.3 Å². The highest BCUT2D eigenvalue weighted by Gasteiger charge is 2.49. The summed E-state index contributed by atoms with van der Waals surface area (Å²) in [5.74, 6) is -1.69. The molecule has 0 aliphatic heterocycles. The number of nitrogens with two attached hydrogens (primary N) is 1. The van der Waals surface area contributed by atoms with Gasteiger partial charge in [0, 0.05) is 29.8 Å². The van der Waals surface area contributed by atoms with E-state index >= 15 is 0 Å². The van der Waals surface area contributed by atoms with Crippen LogP contribution in [0.2, 0.25) is 0 Å². The quantitative estimate of drug-likeness (QED) is 0.296. The minimum absolute atomic E-state index is 0.153. The van der Waals surface area contributed by atoms with Crippen molar-refractivity contribution in [2.24, 2.45) is 5.73 Å². The Morgan fingerprint density at radius 3 is 2.48 bits per heavy atom. The van der Waals surface area contributed by atoms with Crippen molar-refractivity contribution >= 4 is 34.9 Å². The molecular formula is C22H28N4O6S. The molecule has 0 saturated heterocycles. The van der Waals surface area contributed by atoms with Gasteiger partial charge in [0.1, 0.15) is 17.7 Å². The molecule has 3 rings (SSSR count). The first-order valence-electron chi connectivity index (χ1n) is 10.4. The van der Waals surface area contributed by atoms with E-state index in [2.05, 4.69) is 16.0 Å². The molecule has 8 N–H and O–H groups in total. The number of amides is 4. The van der Waals surface area contributed by atoms with E-state index in [-0.39, 0.29) is 12.8 Å². The van der Waals surface area contributed by atoms with Gasteiger partial charge in [0.2, 0.25) is 5.91 Å². The van der Waals surface area contributed by atoms with E-state index in [0.29, 0.717) is 5.69 Å². The van der Waals surface area contributed by atoms with E-state index in [1.807, 2.05) is 24.4 Å². The lowest BCUT2D eigenvalue weighted by Crippen LogP contribution is -2.64. The highest BCUT2D eigenvalue weighted by Crippen LogP contribution is 2.30. The van der Waals surface area contributed by atoms with Gasteiger partial charge in [-0.2, -0.15) is 0 Å². The second kappa shape index (κ2) is 10.3. The van der Waals surface area contributed by atoms with E-state index in [4.69, 9.17) is 5.73 Å². The minimum Gasteiger partial charge on any atom is -0.390 e. The molecule has 1 aliphatic carbocycles. The zero-order valence-corrected chi connectivity index (χ0v) is 18.8. The molecular weight excluding hydrogens is 448 g/mol. The number of aryl methyl sites for hydroxylation is 1. The van der Waals surface area contributed by atoms with E-state index in [1.54, 1.807) is 24.3 Å². The molecule has 0 unspecified atom stereocenters. The van der Waals surface area contributed by atoms with Gasteiger partial charge >= 0.3 is 6.03 Å². The number of benzene rings is 1. The smallest absolute Gasteiger partial charge is 0.319 e. The summed E-state index contributed by atoms with van der Waals surface area (Å²) in [5.41, 5.74) is 4.80. The average Bonchev–Trinajstić information content (AvgIpc) is 3.26. The molecule has 0 radical (unpaired) electrons. The number of rotatable bonds is 7. The molecule has 11 heteroatoms. The number of nitrogens with one attached hydrogen (secondary N) is 3. The fourth-order valence-electron chi connectivity index (χ4n) is 3.74. The van der Waals surface area contributed by atoms with Crippen molar-refractivity contribution < 1.29 is 29.7 Å². The van der Waals surface area contributed by atoms with Crippen molar-refractivity contribution in [3.8, 4) is 0 Å². The lowest BCUT2D eigenvalue weighted by Gasteiger charge is -2.41. The molecule has 2 aromatic rings. The Bertz CT molecular complexity index is 983. The molecule has 178 valence electrons. The maximum atomic E-state index is 12.9. The third-order valence-corrected chi connectivity index (χ3v) is 6.49. The number of thiophene rings is 1. The molecule has 1 aromatic heterocycles. The van der Waals surface area contributed by atoms with Gasteiger partial charge in [0.25, 0.3) is 5.91 Å². The summed E-state index contributed by atoms with van der Waals surface area (Å²) in [6, 6.07) is 7.73. The van der Waals surface area contributed by atoms with Crippen LogP contribution in [0.15, 0.2) is 41.8 Å². The maximum absolute atomic E-state index is 12.9. The Morgan fingerprint density at radius 1 is 1.18 bits per heavy atom. The first-order chi connectivity index (χ1) is 15.6. The summed E-state index contributed by atoms with van der Waals surface area (Å²) in [5, 5.41) is 40.9. The highest BCUT2D eigenvalue weighted by molar-refractivity contribution is 7.09. The minimum atomic E-state index is -2.14. The molecule has 1 aliphatic rings. The third-order valence-electron chi connectivity index (χ3n) is 5.59. The summed E-state index contributed by atoms with van der Waals surface area (Å²) in [6.07, 6.45) is -3.57. The largest absolute Gasteiger partial charge is 0.390 e. The summed E-state index contributed by atoms with van der Waals surface area (Å²) in [7, 11) is 0. The summed E-state index contributed by atoms with van der Waals surface area (Å²) < 4.78 is 0. The molecule has 33 heavy (non-hydrogen) atoms. The van der Waals surface area contributed by atoms with Crippen molar-refractivity contribution in [2.75, 3.05) is 5.32 Å². The third kappa shape index (κ3) is 6.29. The number of hydrogen-bond acceptors (Lipinski definition) is 7. The predicted octanol–water partition coefficient (Wildman–Crippen LogP) is 0.00612. The van der Waals surface area contributed by atoms with Crippen molar-refractivity contribution in [3.05, 3.63) is 52.2 Å². The lowest BCUT2D eigenvalue weighted by atomic mass is 9.77. The van der Waals surface area contributed by atoms with Crippen LogP contribution in [0.1, 0.15) is 23.3 Å². The molecule has 1 aromatic carbocycles. The first kappa shape index (κ1) is 24.6. The summed E-state index contributed by atoms with van der Waals surface area (Å²) in [4.78, 5) is 37.9. The van der Waals surface area contributed by atoms with Gasteiger partial charge < -0.3 is 37.0 Å². The monoisotopic (exact) mass is 476 g/mol. The Labute approximate surface area is 194 Å². The highest BCUT2D eigenvalue weighted by atomic mass is 32.1. The van der Waals surface area contributed by atoms with Crippen LogP contribution in [0.3, 0.4) is 0 Å². The van der Waals surface area contributed by atoms with E-state index < -0.39 is 54.2 Å². The van der Waals surface area contributed by atoms with Crippen LogP contribution in [-0.2, 0) is 16.0 Å². The SMILES string of the molecule is Cc1ccc(NC(=O)N[C@@H]2C[C@@](O)(C(=O)N[C@@H](Cc3cccs3)C(N)=O)C[C@@H](O)[C@@H]2O)cc1. The molecule has 1 fully saturated rings. The second-order valence-corrected chi connectivity index (χ2v) is 9.31. The Hall–Kier alpha value is -2.99. The van der Waals surface area contributed by atoms with Crippen LogP contribution in [0.4, 0.5) is 10.5 Å². The zero-order chi connectivity index (χ0) is 24.2. The number of carbonyl (C=O) groups is 3. The van der Waals surface area contributed by atoms with E-state index in [1.165, 1.54) is 11.3 Å².